The fourth-order valence-electron chi connectivity index (χ4n) is 3.06. The summed E-state index contributed by atoms with van der Waals surface area (Å²) in [4.78, 5) is 1.96. The molecule has 2 unspecified atom stereocenters. The molecule has 0 spiro atoms. The van der Waals surface area contributed by atoms with E-state index in [4.69, 9.17) is 4.55 Å². The minimum Gasteiger partial charge on any atom is -0.341 e. The quantitative estimate of drug-likeness (QED) is 0.777. The molecule has 8 heteroatoms. The van der Waals surface area contributed by atoms with Gasteiger partial charge in [-0.2, -0.15) is 13.2 Å². The second-order valence-corrected chi connectivity index (χ2v) is 6.71. The van der Waals surface area contributed by atoms with E-state index in [9.17, 15) is 17.4 Å². The van der Waals surface area contributed by atoms with Crippen LogP contribution in [0.4, 0.5) is 24.5 Å². The molecule has 0 amide bonds. The highest BCUT2D eigenvalue weighted by Crippen LogP contribution is 2.37. The number of nitrogens with one attached hydrogen (secondary N) is 1. The predicted molar refractivity (Wildman–Crippen MR) is 95.1 cm³/mol. The largest absolute Gasteiger partial charge is 0.416 e. The number of hydrogen-bond donors (Lipinski definition) is 2. The number of benzene rings is 2. The molecule has 0 aromatic heterocycles. The second-order valence-electron chi connectivity index (χ2n) is 5.97. The van der Waals surface area contributed by atoms with Gasteiger partial charge in [0.15, 0.2) is 0 Å². The lowest BCUT2D eigenvalue weighted by molar-refractivity contribution is -0.137. The SMILES string of the molecule is O=S(O)NC=CC1Cc2ccccc2N(c2ccc(C(F)(F)F)cc2)C1. The van der Waals surface area contributed by atoms with E-state index in [1.165, 1.54) is 18.3 Å². The molecule has 0 saturated heterocycles. The average molecular weight is 382 g/mol. The van der Waals surface area contributed by atoms with Crippen molar-refractivity contribution in [3.8, 4) is 0 Å². The number of alkyl halides is 3. The summed E-state index contributed by atoms with van der Waals surface area (Å²) >= 11 is -2.13. The molecule has 138 valence electrons. The van der Waals surface area contributed by atoms with Crippen molar-refractivity contribution in [1.82, 2.24) is 4.72 Å². The van der Waals surface area contributed by atoms with E-state index in [1.54, 1.807) is 6.08 Å². The smallest absolute Gasteiger partial charge is 0.341 e. The molecule has 2 aromatic rings. The van der Waals surface area contributed by atoms with Gasteiger partial charge >= 0.3 is 6.18 Å². The summed E-state index contributed by atoms with van der Waals surface area (Å²) in [5.74, 6) is 0.0447. The standard InChI is InChI=1S/C18H17F3N2O2S/c19-18(20,21)15-5-7-16(8-6-15)23-12-13(9-10-22-26(24)25)11-14-3-1-2-4-17(14)23/h1-10,13,22H,11-12H2,(H,24,25). The summed E-state index contributed by atoms with van der Waals surface area (Å²) < 4.78 is 60.1. The third-order valence-electron chi connectivity index (χ3n) is 4.23. The van der Waals surface area contributed by atoms with E-state index in [1.807, 2.05) is 29.2 Å². The van der Waals surface area contributed by atoms with E-state index in [0.717, 1.165) is 29.8 Å². The zero-order valence-corrected chi connectivity index (χ0v) is 14.4. The number of halogens is 3. The van der Waals surface area contributed by atoms with Crippen molar-refractivity contribution in [1.29, 1.82) is 0 Å². The first-order chi connectivity index (χ1) is 12.3. The molecule has 0 saturated carbocycles. The molecule has 2 aromatic carbocycles. The van der Waals surface area contributed by atoms with Crippen LogP contribution in [-0.2, 0) is 23.9 Å². The lowest BCUT2D eigenvalue weighted by atomic mass is 9.92. The molecule has 0 radical (unpaired) electrons. The first-order valence-corrected chi connectivity index (χ1v) is 9.01. The maximum Gasteiger partial charge on any atom is 0.416 e. The van der Waals surface area contributed by atoms with E-state index in [-0.39, 0.29) is 5.92 Å². The molecule has 3 rings (SSSR count). The number of fused-ring (bicyclic) bond motifs is 1. The third kappa shape index (κ3) is 4.25. The maximum atomic E-state index is 12.8. The fourth-order valence-corrected chi connectivity index (χ4v) is 3.26. The Morgan fingerprint density at radius 2 is 1.85 bits per heavy atom. The Hall–Kier alpha value is -2.32. The fraction of sp³-hybridized carbons (Fsp3) is 0.222. The predicted octanol–water partition coefficient (Wildman–Crippen LogP) is 4.26. The highest BCUT2D eigenvalue weighted by atomic mass is 32.2. The van der Waals surface area contributed by atoms with Gasteiger partial charge in [0.05, 0.1) is 5.56 Å². The second kappa shape index (κ2) is 7.51. The van der Waals surface area contributed by atoms with Crippen molar-refractivity contribution in [3.05, 3.63) is 71.9 Å². The molecule has 0 aliphatic carbocycles. The summed E-state index contributed by atoms with van der Waals surface area (Å²) in [7, 11) is 0. The molecule has 0 bridgehead atoms. The zero-order valence-electron chi connectivity index (χ0n) is 13.6. The summed E-state index contributed by atoms with van der Waals surface area (Å²) in [6.45, 7) is 0.554. The van der Waals surface area contributed by atoms with Crippen molar-refractivity contribution in [2.24, 2.45) is 5.92 Å². The number of nitrogens with zero attached hydrogens (tertiary/aromatic N) is 1. The van der Waals surface area contributed by atoms with E-state index >= 15 is 0 Å². The highest BCUT2D eigenvalue weighted by Gasteiger charge is 2.31. The van der Waals surface area contributed by atoms with Crippen molar-refractivity contribution < 1.29 is 21.9 Å². The molecular weight excluding hydrogens is 365 g/mol. The Balaban J connectivity index is 1.89. The minimum absolute atomic E-state index is 0.0447. The van der Waals surface area contributed by atoms with Gasteiger partial charge in [-0.25, -0.2) is 4.21 Å². The van der Waals surface area contributed by atoms with E-state index in [0.29, 0.717) is 12.2 Å². The van der Waals surface area contributed by atoms with Gasteiger partial charge in [-0.3, -0.25) is 9.27 Å². The van der Waals surface area contributed by atoms with Crippen LogP contribution < -0.4 is 9.62 Å². The van der Waals surface area contributed by atoms with Crippen molar-refractivity contribution in [2.45, 2.75) is 12.6 Å². The molecule has 1 aliphatic rings. The Kier molecular flexibility index (Phi) is 5.33. The minimum atomic E-state index is -4.37. The van der Waals surface area contributed by atoms with Crippen molar-refractivity contribution >= 4 is 22.6 Å². The Morgan fingerprint density at radius 1 is 1.15 bits per heavy atom. The normalized spacial score (nSPS) is 18.6. The molecule has 0 fully saturated rings. The van der Waals surface area contributed by atoms with Gasteiger partial charge < -0.3 is 4.90 Å². The van der Waals surface area contributed by atoms with Crippen LogP contribution in [0, 0.1) is 5.92 Å². The molecular formula is C18H17F3N2O2S. The van der Waals surface area contributed by atoms with Crippen LogP contribution in [0.2, 0.25) is 0 Å². The summed E-state index contributed by atoms with van der Waals surface area (Å²) in [5.41, 5.74) is 2.01. The molecule has 4 nitrogen and oxygen atoms in total. The van der Waals surface area contributed by atoms with Crippen LogP contribution in [0.5, 0.6) is 0 Å². The maximum absolute atomic E-state index is 12.8. The molecule has 1 aliphatic heterocycles. The lowest BCUT2D eigenvalue weighted by Crippen LogP contribution is -2.31. The Bertz CT molecular complexity index is 822. The lowest BCUT2D eigenvalue weighted by Gasteiger charge is -2.35. The van der Waals surface area contributed by atoms with E-state index < -0.39 is 23.0 Å². The number of rotatable bonds is 4. The Labute approximate surface area is 151 Å². The van der Waals surface area contributed by atoms with Crippen LogP contribution in [0.1, 0.15) is 11.1 Å². The van der Waals surface area contributed by atoms with Gasteiger partial charge in [0.25, 0.3) is 11.3 Å². The summed E-state index contributed by atoms with van der Waals surface area (Å²) in [6, 6.07) is 12.8. The van der Waals surface area contributed by atoms with Gasteiger partial charge in [0.2, 0.25) is 0 Å². The number of anilines is 2. The summed E-state index contributed by atoms with van der Waals surface area (Å²) in [6.07, 6.45) is -0.403. The van der Waals surface area contributed by atoms with Crippen LogP contribution in [0.15, 0.2) is 60.8 Å². The first kappa shape index (κ1) is 18.5. The Morgan fingerprint density at radius 3 is 2.50 bits per heavy atom. The number of hydrogen-bond acceptors (Lipinski definition) is 2. The van der Waals surface area contributed by atoms with Crippen LogP contribution in [0.25, 0.3) is 0 Å². The monoisotopic (exact) mass is 382 g/mol. The van der Waals surface area contributed by atoms with E-state index in [2.05, 4.69) is 4.72 Å². The third-order valence-corrected chi connectivity index (χ3v) is 4.56. The van der Waals surface area contributed by atoms with Gasteiger partial charge in [-0.1, -0.05) is 24.3 Å². The van der Waals surface area contributed by atoms with Crippen LogP contribution in [0.3, 0.4) is 0 Å². The summed E-state index contributed by atoms with van der Waals surface area (Å²) in [5, 5.41) is 0. The van der Waals surface area contributed by atoms with Crippen LogP contribution >= 0.6 is 0 Å². The van der Waals surface area contributed by atoms with Gasteiger partial charge in [0.1, 0.15) is 0 Å². The molecule has 2 N–H and O–H groups in total. The van der Waals surface area contributed by atoms with Crippen molar-refractivity contribution in [3.63, 3.8) is 0 Å². The molecule has 2 atom stereocenters. The first-order valence-electron chi connectivity index (χ1n) is 7.91. The van der Waals surface area contributed by atoms with Crippen LogP contribution in [-0.4, -0.2) is 15.3 Å². The van der Waals surface area contributed by atoms with Gasteiger partial charge in [-0.15, -0.1) is 0 Å². The van der Waals surface area contributed by atoms with Gasteiger partial charge in [-0.05, 0) is 42.3 Å². The topological polar surface area (TPSA) is 52.6 Å². The molecule has 26 heavy (non-hydrogen) atoms. The van der Waals surface area contributed by atoms with Gasteiger partial charge in [0, 0.05) is 30.0 Å². The number of para-hydroxylation sites is 1. The highest BCUT2D eigenvalue weighted by molar-refractivity contribution is 7.77. The molecule has 1 heterocycles. The zero-order chi connectivity index (χ0) is 18.7. The average Bonchev–Trinajstić information content (AvgIpc) is 2.60. The van der Waals surface area contributed by atoms with Crippen molar-refractivity contribution in [2.75, 3.05) is 11.4 Å².